The second-order valence-electron chi connectivity index (χ2n) is 5.62. The van der Waals surface area contributed by atoms with Gasteiger partial charge >= 0.3 is 0 Å². The molecule has 1 amide bonds. The Kier molecular flexibility index (Phi) is 5.92. The van der Waals surface area contributed by atoms with Gasteiger partial charge in [0.05, 0.1) is 4.90 Å². The Hall–Kier alpha value is -1.70. The number of hydrogen-bond acceptors (Lipinski definition) is 4. The molecular weight excluding hydrogens is 314 g/mol. The number of nitrogens with one attached hydrogen (secondary N) is 1. The molecule has 1 fully saturated rings. The molecule has 1 heterocycles. The number of hydrogen-bond donors (Lipinski definition) is 1. The second-order valence-corrected chi connectivity index (χ2v) is 7.38. The van der Waals surface area contributed by atoms with Crippen LogP contribution in [0.3, 0.4) is 0 Å². The number of likely N-dealkylation sites (N-methyl/N-ethyl adjacent to an activating group) is 1. The number of benzene rings is 1. The number of amides is 1. The first-order valence-corrected chi connectivity index (χ1v) is 9.11. The minimum atomic E-state index is -3.63. The van der Waals surface area contributed by atoms with Gasteiger partial charge < -0.3 is 9.80 Å². The van der Waals surface area contributed by atoms with Gasteiger partial charge in [-0.2, -0.15) is 0 Å². The molecule has 0 radical (unpaired) electrons. The standard InChI is InChI=1S/C16H23N3O3S/c1-3-8-17-23(21,22)15-7-4-6-14(13-15)16(20)19-10-5-9-18(2)11-12-19/h3-4,6-7,13,17H,1,5,8-12H2,2H3. The fourth-order valence-electron chi connectivity index (χ4n) is 2.48. The molecule has 2 rings (SSSR count). The normalized spacial score (nSPS) is 16.8. The number of nitrogens with zero attached hydrogens (tertiary/aromatic N) is 2. The molecule has 1 aliphatic heterocycles. The zero-order valence-electron chi connectivity index (χ0n) is 13.4. The van der Waals surface area contributed by atoms with Crippen molar-refractivity contribution in [2.24, 2.45) is 0 Å². The van der Waals surface area contributed by atoms with E-state index in [-0.39, 0.29) is 17.3 Å². The molecule has 126 valence electrons. The molecule has 1 saturated heterocycles. The van der Waals surface area contributed by atoms with Crippen LogP contribution in [0.4, 0.5) is 0 Å². The van der Waals surface area contributed by atoms with Crippen LogP contribution in [-0.4, -0.2) is 63.9 Å². The Morgan fingerprint density at radius 1 is 1.30 bits per heavy atom. The van der Waals surface area contributed by atoms with Crippen molar-refractivity contribution in [2.75, 3.05) is 39.8 Å². The number of sulfonamides is 1. The van der Waals surface area contributed by atoms with Crippen molar-refractivity contribution in [3.63, 3.8) is 0 Å². The van der Waals surface area contributed by atoms with E-state index in [1.165, 1.54) is 18.2 Å². The van der Waals surface area contributed by atoms with Gasteiger partial charge in [0.2, 0.25) is 10.0 Å². The van der Waals surface area contributed by atoms with Crippen LogP contribution in [-0.2, 0) is 10.0 Å². The SMILES string of the molecule is C=CCNS(=O)(=O)c1cccc(C(=O)N2CCCN(C)CC2)c1. The van der Waals surface area contributed by atoms with E-state index in [1.807, 2.05) is 7.05 Å². The summed E-state index contributed by atoms with van der Waals surface area (Å²) in [6.07, 6.45) is 2.39. The van der Waals surface area contributed by atoms with Crippen LogP contribution in [0.15, 0.2) is 41.8 Å². The molecule has 0 bridgehead atoms. The maximum Gasteiger partial charge on any atom is 0.253 e. The molecule has 1 aromatic carbocycles. The van der Waals surface area contributed by atoms with Crippen molar-refractivity contribution in [3.05, 3.63) is 42.5 Å². The maximum absolute atomic E-state index is 12.6. The van der Waals surface area contributed by atoms with Gasteiger partial charge in [-0.25, -0.2) is 13.1 Å². The third kappa shape index (κ3) is 4.63. The lowest BCUT2D eigenvalue weighted by molar-refractivity contribution is 0.0762. The van der Waals surface area contributed by atoms with Crippen LogP contribution in [0.2, 0.25) is 0 Å². The first-order valence-electron chi connectivity index (χ1n) is 7.62. The molecule has 0 aliphatic carbocycles. The van der Waals surface area contributed by atoms with Crippen LogP contribution >= 0.6 is 0 Å². The largest absolute Gasteiger partial charge is 0.337 e. The molecular formula is C16H23N3O3S. The molecule has 1 N–H and O–H groups in total. The molecule has 1 aromatic rings. The Labute approximate surface area is 137 Å². The van der Waals surface area contributed by atoms with Gasteiger partial charge in [-0.05, 0) is 38.2 Å². The van der Waals surface area contributed by atoms with Crippen molar-refractivity contribution in [1.29, 1.82) is 0 Å². The minimum Gasteiger partial charge on any atom is -0.337 e. The van der Waals surface area contributed by atoms with Crippen molar-refractivity contribution in [2.45, 2.75) is 11.3 Å². The Balaban J connectivity index is 2.18. The average molecular weight is 337 g/mol. The van der Waals surface area contributed by atoms with E-state index >= 15 is 0 Å². The van der Waals surface area contributed by atoms with Gasteiger partial charge in [0.25, 0.3) is 5.91 Å². The van der Waals surface area contributed by atoms with Crippen LogP contribution in [0, 0.1) is 0 Å². The average Bonchev–Trinajstić information content (AvgIpc) is 2.77. The molecule has 23 heavy (non-hydrogen) atoms. The van der Waals surface area contributed by atoms with Crippen LogP contribution in [0.25, 0.3) is 0 Å². The number of rotatable bonds is 5. The Morgan fingerprint density at radius 3 is 2.83 bits per heavy atom. The van der Waals surface area contributed by atoms with Crippen LogP contribution in [0.1, 0.15) is 16.8 Å². The fraction of sp³-hybridized carbons (Fsp3) is 0.438. The molecule has 7 heteroatoms. The minimum absolute atomic E-state index is 0.0946. The summed E-state index contributed by atoms with van der Waals surface area (Å²) in [4.78, 5) is 16.7. The summed E-state index contributed by atoms with van der Waals surface area (Å²) in [6.45, 7) is 6.77. The van der Waals surface area contributed by atoms with Crippen molar-refractivity contribution >= 4 is 15.9 Å². The van der Waals surface area contributed by atoms with E-state index < -0.39 is 10.0 Å². The van der Waals surface area contributed by atoms with E-state index in [0.717, 1.165) is 19.5 Å². The van der Waals surface area contributed by atoms with E-state index in [0.29, 0.717) is 18.7 Å². The van der Waals surface area contributed by atoms with Gasteiger partial charge in [-0.1, -0.05) is 12.1 Å². The van der Waals surface area contributed by atoms with Crippen molar-refractivity contribution < 1.29 is 13.2 Å². The first kappa shape index (κ1) is 17.7. The van der Waals surface area contributed by atoms with Gasteiger partial charge in [0.1, 0.15) is 0 Å². The zero-order chi connectivity index (χ0) is 16.9. The molecule has 0 spiro atoms. The molecule has 0 saturated carbocycles. The fourth-order valence-corrected chi connectivity index (χ4v) is 3.52. The highest BCUT2D eigenvalue weighted by Gasteiger charge is 2.21. The zero-order valence-corrected chi connectivity index (χ0v) is 14.2. The van der Waals surface area contributed by atoms with Gasteiger partial charge in [-0.3, -0.25) is 4.79 Å². The maximum atomic E-state index is 12.6. The predicted octanol–water partition coefficient (Wildman–Crippen LogP) is 0.929. The third-order valence-corrected chi connectivity index (χ3v) is 5.24. The van der Waals surface area contributed by atoms with E-state index in [4.69, 9.17) is 0 Å². The molecule has 6 nitrogen and oxygen atoms in total. The highest BCUT2D eigenvalue weighted by Crippen LogP contribution is 2.14. The number of carbonyl (C=O) groups is 1. The number of carbonyl (C=O) groups excluding carboxylic acids is 1. The summed E-state index contributed by atoms with van der Waals surface area (Å²) in [5.41, 5.74) is 0.399. The monoisotopic (exact) mass is 337 g/mol. The lowest BCUT2D eigenvalue weighted by Crippen LogP contribution is -2.34. The Bertz CT molecular complexity index is 673. The summed E-state index contributed by atoms with van der Waals surface area (Å²) in [6, 6.07) is 6.17. The summed E-state index contributed by atoms with van der Waals surface area (Å²) in [5, 5.41) is 0. The highest BCUT2D eigenvalue weighted by atomic mass is 32.2. The van der Waals surface area contributed by atoms with Gasteiger partial charge in [0.15, 0.2) is 0 Å². The van der Waals surface area contributed by atoms with Crippen molar-refractivity contribution in [3.8, 4) is 0 Å². The lowest BCUT2D eigenvalue weighted by atomic mass is 10.2. The molecule has 0 atom stereocenters. The summed E-state index contributed by atoms with van der Waals surface area (Å²) >= 11 is 0. The summed E-state index contributed by atoms with van der Waals surface area (Å²) in [7, 11) is -1.59. The van der Waals surface area contributed by atoms with Crippen LogP contribution < -0.4 is 4.72 Å². The molecule has 0 unspecified atom stereocenters. The van der Waals surface area contributed by atoms with Crippen LogP contribution in [0.5, 0.6) is 0 Å². The van der Waals surface area contributed by atoms with Gasteiger partial charge in [-0.15, -0.1) is 6.58 Å². The quantitative estimate of drug-likeness (QED) is 0.812. The first-order chi connectivity index (χ1) is 10.9. The lowest BCUT2D eigenvalue weighted by Gasteiger charge is -2.21. The predicted molar refractivity (Wildman–Crippen MR) is 89.8 cm³/mol. The highest BCUT2D eigenvalue weighted by molar-refractivity contribution is 7.89. The summed E-state index contributed by atoms with van der Waals surface area (Å²) in [5.74, 6) is -0.124. The third-order valence-electron chi connectivity index (χ3n) is 3.82. The Morgan fingerprint density at radius 2 is 2.09 bits per heavy atom. The molecule has 0 aromatic heterocycles. The topological polar surface area (TPSA) is 69.7 Å². The smallest absolute Gasteiger partial charge is 0.253 e. The second kappa shape index (κ2) is 7.72. The molecule has 1 aliphatic rings. The van der Waals surface area contributed by atoms with Crippen molar-refractivity contribution in [1.82, 2.24) is 14.5 Å². The van der Waals surface area contributed by atoms with E-state index in [1.54, 1.807) is 17.0 Å². The van der Waals surface area contributed by atoms with Gasteiger partial charge in [0, 0.05) is 31.7 Å². The van der Waals surface area contributed by atoms with E-state index in [2.05, 4.69) is 16.2 Å². The summed E-state index contributed by atoms with van der Waals surface area (Å²) < 4.78 is 26.7. The van der Waals surface area contributed by atoms with E-state index in [9.17, 15) is 13.2 Å².